The van der Waals surface area contributed by atoms with Crippen molar-refractivity contribution in [3.8, 4) is 0 Å². The van der Waals surface area contributed by atoms with Gasteiger partial charge in [-0.25, -0.2) is 4.39 Å². The number of nitrogens with one attached hydrogen (secondary N) is 2. The fourth-order valence-electron chi connectivity index (χ4n) is 2.97. The largest absolute Gasteiger partial charge is 0.356 e. The van der Waals surface area contributed by atoms with Gasteiger partial charge < -0.3 is 15.5 Å². The van der Waals surface area contributed by atoms with Crippen molar-refractivity contribution in [2.75, 3.05) is 26.7 Å². The van der Waals surface area contributed by atoms with Gasteiger partial charge in [0, 0.05) is 38.8 Å². The fourth-order valence-corrected chi connectivity index (χ4v) is 3.39. The SMILES string of the molecule is CN=C(NCCc1ccc(F)c(Br)c1)NC1CCN(C(C)C)CC1. The molecule has 134 valence electrons. The molecule has 0 spiro atoms. The lowest BCUT2D eigenvalue weighted by Gasteiger charge is -2.35. The number of rotatable bonds is 5. The molecule has 0 aliphatic carbocycles. The topological polar surface area (TPSA) is 39.7 Å². The Morgan fingerprint density at radius 1 is 1.38 bits per heavy atom. The Morgan fingerprint density at radius 3 is 2.67 bits per heavy atom. The highest BCUT2D eigenvalue weighted by atomic mass is 79.9. The molecule has 1 fully saturated rings. The zero-order chi connectivity index (χ0) is 17.5. The first-order valence-electron chi connectivity index (χ1n) is 8.64. The van der Waals surface area contributed by atoms with E-state index >= 15 is 0 Å². The van der Waals surface area contributed by atoms with Crippen molar-refractivity contribution in [2.45, 2.75) is 45.2 Å². The molecule has 1 aromatic rings. The molecule has 0 saturated carbocycles. The maximum absolute atomic E-state index is 13.2. The van der Waals surface area contributed by atoms with E-state index in [1.807, 2.05) is 12.1 Å². The maximum Gasteiger partial charge on any atom is 0.191 e. The van der Waals surface area contributed by atoms with E-state index in [9.17, 15) is 4.39 Å². The normalized spacial score (nSPS) is 17.3. The Morgan fingerprint density at radius 2 is 2.08 bits per heavy atom. The molecule has 1 heterocycles. The van der Waals surface area contributed by atoms with Gasteiger partial charge in [0.05, 0.1) is 4.47 Å². The molecule has 1 saturated heterocycles. The molecule has 0 unspecified atom stereocenters. The quantitative estimate of drug-likeness (QED) is 0.590. The minimum absolute atomic E-state index is 0.225. The predicted octanol–water partition coefficient (Wildman–Crippen LogP) is 3.17. The van der Waals surface area contributed by atoms with Crippen molar-refractivity contribution in [1.29, 1.82) is 0 Å². The first-order chi connectivity index (χ1) is 11.5. The summed E-state index contributed by atoms with van der Waals surface area (Å²) in [6.07, 6.45) is 3.11. The summed E-state index contributed by atoms with van der Waals surface area (Å²) in [4.78, 5) is 6.83. The number of aliphatic imine (C=N–C) groups is 1. The Labute approximate surface area is 153 Å². The summed E-state index contributed by atoms with van der Waals surface area (Å²) in [5.41, 5.74) is 1.09. The number of likely N-dealkylation sites (tertiary alicyclic amines) is 1. The van der Waals surface area contributed by atoms with Crippen LogP contribution in [-0.4, -0.2) is 49.6 Å². The van der Waals surface area contributed by atoms with Gasteiger partial charge in [-0.2, -0.15) is 0 Å². The Bertz CT molecular complexity index is 554. The van der Waals surface area contributed by atoms with Crippen LogP contribution in [0, 0.1) is 5.82 Å². The molecule has 2 N–H and O–H groups in total. The van der Waals surface area contributed by atoms with Gasteiger partial charge in [0.1, 0.15) is 5.82 Å². The van der Waals surface area contributed by atoms with Crippen LogP contribution in [0.15, 0.2) is 27.7 Å². The summed E-state index contributed by atoms with van der Waals surface area (Å²) in [5.74, 6) is 0.621. The number of guanidine groups is 1. The van der Waals surface area contributed by atoms with E-state index in [-0.39, 0.29) is 5.82 Å². The third kappa shape index (κ3) is 5.74. The van der Waals surface area contributed by atoms with Crippen LogP contribution in [0.4, 0.5) is 4.39 Å². The van der Waals surface area contributed by atoms with Crippen LogP contribution >= 0.6 is 15.9 Å². The second-order valence-electron chi connectivity index (χ2n) is 6.55. The molecule has 4 nitrogen and oxygen atoms in total. The van der Waals surface area contributed by atoms with Gasteiger partial charge in [0.2, 0.25) is 0 Å². The molecule has 2 rings (SSSR count). The number of hydrogen-bond acceptors (Lipinski definition) is 2. The molecule has 1 aromatic carbocycles. The lowest BCUT2D eigenvalue weighted by atomic mass is 10.0. The average Bonchev–Trinajstić information content (AvgIpc) is 2.57. The molecule has 24 heavy (non-hydrogen) atoms. The van der Waals surface area contributed by atoms with Crippen molar-refractivity contribution in [3.63, 3.8) is 0 Å². The van der Waals surface area contributed by atoms with Gasteiger partial charge in [0.15, 0.2) is 5.96 Å². The van der Waals surface area contributed by atoms with Gasteiger partial charge in [-0.15, -0.1) is 0 Å². The highest BCUT2D eigenvalue weighted by Gasteiger charge is 2.21. The lowest BCUT2D eigenvalue weighted by molar-refractivity contribution is 0.167. The van der Waals surface area contributed by atoms with E-state index in [1.165, 1.54) is 6.07 Å². The monoisotopic (exact) mass is 398 g/mol. The van der Waals surface area contributed by atoms with Crippen molar-refractivity contribution in [1.82, 2.24) is 15.5 Å². The van der Waals surface area contributed by atoms with E-state index in [2.05, 4.69) is 50.3 Å². The van der Waals surface area contributed by atoms with E-state index in [1.54, 1.807) is 7.05 Å². The summed E-state index contributed by atoms with van der Waals surface area (Å²) in [6, 6.07) is 6.24. The minimum atomic E-state index is -0.225. The van der Waals surface area contributed by atoms with Gasteiger partial charge >= 0.3 is 0 Å². The Kier molecular flexibility index (Phi) is 7.49. The smallest absolute Gasteiger partial charge is 0.191 e. The molecule has 0 bridgehead atoms. The van der Waals surface area contributed by atoms with Crippen LogP contribution in [0.5, 0.6) is 0 Å². The van der Waals surface area contributed by atoms with Crippen LogP contribution < -0.4 is 10.6 Å². The summed E-state index contributed by atoms with van der Waals surface area (Å²) in [5, 5.41) is 6.86. The molecule has 0 aromatic heterocycles. The molecule has 0 amide bonds. The number of piperidine rings is 1. The summed E-state index contributed by atoms with van der Waals surface area (Å²) < 4.78 is 13.8. The van der Waals surface area contributed by atoms with E-state index in [0.717, 1.165) is 50.4 Å². The van der Waals surface area contributed by atoms with E-state index in [4.69, 9.17) is 0 Å². The van der Waals surface area contributed by atoms with Gasteiger partial charge in [0.25, 0.3) is 0 Å². The van der Waals surface area contributed by atoms with Crippen LogP contribution in [0.25, 0.3) is 0 Å². The lowest BCUT2D eigenvalue weighted by Crippen LogP contribution is -2.50. The summed E-state index contributed by atoms with van der Waals surface area (Å²) >= 11 is 3.23. The Balaban J connectivity index is 1.74. The number of benzene rings is 1. The standard InChI is InChI=1S/C18H28BrFN4/c1-13(2)24-10-7-15(8-11-24)23-18(21-3)22-9-6-14-4-5-17(20)16(19)12-14/h4-5,12-13,15H,6-11H2,1-3H3,(H2,21,22,23). The minimum Gasteiger partial charge on any atom is -0.356 e. The van der Waals surface area contributed by atoms with E-state index < -0.39 is 0 Å². The van der Waals surface area contributed by atoms with Gasteiger partial charge in [-0.3, -0.25) is 4.99 Å². The van der Waals surface area contributed by atoms with Crippen molar-refractivity contribution in [2.24, 2.45) is 4.99 Å². The second kappa shape index (κ2) is 9.37. The second-order valence-corrected chi connectivity index (χ2v) is 7.40. The first-order valence-corrected chi connectivity index (χ1v) is 9.44. The van der Waals surface area contributed by atoms with Gasteiger partial charge in [-0.05, 0) is 66.7 Å². The van der Waals surface area contributed by atoms with Crippen molar-refractivity contribution in [3.05, 3.63) is 34.1 Å². The molecular weight excluding hydrogens is 371 g/mol. The molecule has 0 atom stereocenters. The van der Waals surface area contributed by atoms with Crippen molar-refractivity contribution < 1.29 is 4.39 Å². The maximum atomic E-state index is 13.2. The number of hydrogen-bond donors (Lipinski definition) is 2. The summed E-state index contributed by atoms with van der Waals surface area (Å²) in [6.45, 7) is 7.54. The number of halogens is 2. The predicted molar refractivity (Wildman–Crippen MR) is 102 cm³/mol. The van der Waals surface area contributed by atoms with Crippen LogP contribution in [0.1, 0.15) is 32.3 Å². The molecular formula is C18H28BrFN4. The third-order valence-corrected chi connectivity index (χ3v) is 5.12. The zero-order valence-corrected chi connectivity index (χ0v) is 16.4. The third-order valence-electron chi connectivity index (χ3n) is 4.51. The van der Waals surface area contributed by atoms with Crippen LogP contribution in [0.3, 0.4) is 0 Å². The van der Waals surface area contributed by atoms with Crippen LogP contribution in [0.2, 0.25) is 0 Å². The van der Waals surface area contributed by atoms with Gasteiger partial charge in [-0.1, -0.05) is 6.07 Å². The first kappa shape index (κ1) is 19.2. The zero-order valence-electron chi connectivity index (χ0n) is 14.8. The van der Waals surface area contributed by atoms with Crippen LogP contribution in [-0.2, 0) is 6.42 Å². The highest BCUT2D eigenvalue weighted by Crippen LogP contribution is 2.17. The fraction of sp³-hybridized carbons (Fsp3) is 0.611. The van der Waals surface area contributed by atoms with E-state index in [0.29, 0.717) is 16.6 Å². The Hall–Kier alpha value is -1.14. The van der Waals surface area contributed by atoms with Crippen molar-refractivity contribution >= 4 is 21.9 Å². The summed E-state index contributed by atoms with van der Waals surface area (Å²) in [7, 11) is 1.80. The average molecular weight is 399 g/mol. The molecule has 6 heteroatoms. The molecule has 1 aliphatic rings. The number of nitrogens with zero attached hydrogens (tertiary/aromatic N) is 2. The molecule has 0 radical (unpaired) electrons. The molecule has 1 aliphatic heterocycles. The highest BCUT2D eigenvalue weighted by molar-refractivity contribution is 9.10.